The summed E-state index contributed by atoms with van der Waals surface area (Å²) < 4.78 is 42.6. The van der Waals surface area contributed by atoms with Crippen LogP contribution in [0.1, 0.15) is 91.2 Å². The Kier molecular flexibility index (Phi) is 6.74. The normalized spacial score (nSPS) is 28.4. The SMILES string of the molecule is [2H]c1c(Cl)cc(NC2(C(=O)O)CCC3(CC2)c2cc4c(cc2C[C@@H]3C[C@@H](C)COc2ccnc3c2[C@H](C)CCC3)OCO4)c([2H])c1[2H]. The number of anilines is 1. The summed E-state index contributed by atoms with van der Waals surface area (Å²) in [4.78, 5) is 17.6. The molecule has 2 aromatic carbocycles. The largest absolute Gasteiger partial charge is 0.493 e. The van der Waals surface area contributed by atoms with Gasteiger partial charge in [0, 0.05) is 28.2 Å². The first-order valence-electron chi connectivity index (χ1n) is 17.3. The fourth-order valence-corrected chi connectivity index (χ4v) is 8.49. The minimum absolute atomic E-state index is 0.0140. The standard InChI is InChI=1S/C36H41ClN2O5/c1-22(20-42-30-9-14-38-29-8-3-5-23(2)33(29)30)15-25-16-24-17-31-32(44-21-43-31)19-28(24)35(25)10-12-36(13-11-35,34(40)41)39-27-7-4-6-26(37)18-27/h4,6-7,9,14,17-19,22-23,25,39H,3,5,8,10-13,15-16,20-21H2,1-2H3,(H,40,41)/t22-,23-,25+,35?,36?/m1/s1/i4D,6D,7D. The molecule has 4 aliphatic rings. The molecule has 0 unspecified atom stereocenters. The summed E-state index contributed by atoms with van der Waals surface area (Å²) in [5.74, 6) is 2.39. The summed E-state index contributed by atoms with van der Waals surface area (Å²) >= 11 is 6.20. The number of rotatable bonds is 8. The van der Waals surface area contributed by atoms with Gasteiger partial charge in [0.05, 0.1) is 10.7 Å². The van der Waals surface area contributed by atoms with E-state index in [0.29, 0.717) is 38.2 Å². The van der Waals surface area contributed by atoms with Crippen molar-refractivity contribution in [2.45, 2.75) is 88.5 Å². The molecule has 8 heteroatoms. The Hall–Kier alpha value is -3.45. The van der Waals surface area contributed by atoms with Gasteiger partial charge in [-0.05, 0) is 128 Å². The van der Waals surface area contributed by atoms with Gasteiger partial charge in [0.25, 0.3) is 0 Å². The predicted molar refractivity (Wildman–Crippen MR) is 170 cm³/mol. The average Bonchev–Trinajstić information content (AvgIpc) is 3.63. The van der Waals surface area contributed by atoms with Crippen LogP contribution in [0.25, 0.3) is 0 Å². The molecular formula is C36H41ClN2O5. The van der Waals surface area contributed by atoms with Gasteiger partial charge in [0.2, 0.25) is 6.79 Å². The van der Waals surface area contributed by atoms with E-state index in [1.54, 1.807) is 0 Å². The maximum Gasteiger partial charge on any atom is 0.329 e. The average molecular weight is 620 g/mol. The van der Waals surface area contributed by atoms with Gasteiger partial charge in [-0.15, -0.1) is 0 Å². The molecule has 3 aliphatic carbocycles. The van der Waals surface area contributed by atoms with E-state index in [2.05, 4.69) is 36.3 Å². The molecule has 2 N–H and O–H groups in total. The van der Waals surface area contributed by atoms with E-state index < -0.39 is 11.5 Å². The summed E-state index contributed by atoms with van der Waals surface area (Å²) in [5.41, 5.74) is 3.42. The first-order chi connectivity index (χ1) is 22.5. The molecule has 1 aromatic heterocycles. The zero-order valence-electron chi connectivity index (χ0n) is 28.3. The van der Waals surface area contributed by atoms with Crippen LogP contribution in [-0.4, -0.2) is 35.0 Å². The lowest BCUT2D eigenvalue weighted by Crippen LogP contribution is -2.53. The number of nitrogens with zero attached hydrogens (tertiary/aromatic N) is 1. The summed E-state index contributed by atoms with van der Waals surface area (Å²) in [7, 11) is 0. The van der Waals surface area contributed by atoms with Crippen LogP contribution < -0.4 is 19.5 Å². The molecule has 1 saturated carbocycles. The van der Waals surface area contributed by atoms with Crippen molar-refractivity contribution >= 4 is 23.3 Å². The number of carbonyl (C=O) groups is 1. The molecule has 1 aliphatic heterocycles. The fourth-order valence-electron chi connectivity index (χ4n) is 8.34. The van der Waals surface area contributed by atoms with Gasteiger partial charge in [-0.1, -0.05) is 31.5 Å². The Balaban J connectivity index is 1.14. The highest BCUT2D eigenvalue weighted by molar-refractivity contribution is 6.30. The monoisotopic (exact) mass is 619 g/mol. The van der Waals surface area contributed by atoms with Gasteiger partial charge < -0.3 is 24.6 Å². The molecule has 0 radical (unpaired) electrons. The van der Waals surface area contributed by atoms with Gasteiger partial charge in [0.15, 0.2) is 11.5 Å². The zero-order chi connectivity index (χ0) is 33.1. The van der Waals surface area contributed by atoms with Crippen molar-refractivity contribution in [3.05, 3.63) is 76.0 Å². The van der Waals surface area contributed by atoms with Gasteiger partial charge in [-0.25, -0.2) is 4.79 Å². The van der Waals surface area contributed by atoms with Crippen molar-refractivity contribution in [2.75, 3.05) is 18.7 Å². The number of nitrogens with one attached hydrogen (secondary N) is 1. The van der Waals surface area contributed by atoms with Crippen LogP contribution in [0.15, 0.2) is 48.6 Å². The van der Waals surface area contributed by atoms with Gasteiger partial charge in [-0.3, -0.25) is 4.98 Å². The summed E-state index contributed by atoms with van der Waals surface area (Å²) in [5, 5.41) is 13.7. The Labute approximate surface area is 268 Å². The summed E-state index contributed by atoms with van der Waals surface area (Å²) in [6.07, 6.45) is 8.83. The molecular weight excluding hydrogens is 576 g/mol. The number of aromatic nitrogens is 1. The van der Waals surface area contributed by atoms with Crippen molar-refractivity contribution in [3.8, 4) is 17.2 Å². The number of aryl methyl sites for hydroxylation is 1. The number of hydrogen-bond donors (Lipinski definition) is 2. The minimum atomic E-state index is -1.34. The van der Waals surface area contributed by atoms with E-state index >= 15 is 0 Å². The highest BCUT2D eigenvalue weighted by Crippen LogP contribution is 2.58. The third-order valence-electron chi connectivity index (χ3n) is 10.6. The molecule has 232 valence electrons. The minimum Gasteiger partial charge on any atom is -0.493 e. The van der Waals surface area contributed by atoms with E-state index in [4.69, 9.17) is 29.9 Å². The van der Waals surface area contributed by atoms with Crippen molar-refractivity contribution in [2.24, 2.45) is 11.8 Å². The maximum atomic E-state index is 12.9. The lowest BCUT2D eigenvalue weighted by Gasteiger charge is -2.47. The van der Waals surface area contributed by atoms with Crippen LogP contribution >= 0.6 is 11.6 Å². The number of ether oxygens (including phenoxy) is 3. The summed E-state index contributed by atoms with van der Waals surface area (Å²) in [6.45, 7) is 5.27. The van der Waals surface area contributed by atoms with E-state index in [9.17, 15) is 9.90 Å². The number of halogens is 1. The summed E-state index contributed by atoms with van der Waals surface area (Å²) in [6, 6.07) is 6.83. The van der Waals surface area contributed by atoms with Crippen LogP contribution in [0.2, 0.25) is 5.02 Å². The third kappa shape index (κ3) is 5.17. The van der Waals surface area contributed by atoms with Gasteiger partial charge >= 0.3 is 5.97 Å². The Bertz CT molecular complexity index is 1730. The molecule has 0 amide bonds. The zero-order valence-corrected chi connectivity index (χ0v) is 26.1. The van der Waals surface area contributed by atoms with Gasteiger partial charge in [-0.2, -0.15) is 0 Å². The van der Waals surface area contributed by atoms with Crippen LogP contribution in [0.5, 0.6) is 17.2 Å². The molecule has 2 heterocycles. The molecule has 3 aromatic rings. The quantitative estimate of drug-likeness (QED) is 0.265. The van der Waals surface area contributed by atoms with Crippen molar-refractivity contribution in [3.63, 3.8) is 0 Å². The second-order valence-electron chi connectivity index (χ2n) is 13.3. The first kappa shape index (κ1) is 25.8. The number of fused-ring (bicyclic) bond motifs is 4. The second kappa shape index (κ2) is 11.5. The van der Waals surface area contributed by atoms with E-state index in [1.165, 1.54) is 22.8 Å². The van der Waals surface area contributed by atoms with Gasteiger partial charge in [0.1, 0.15) is 11.3 Å². The topological polar surface area (TPSA) is 89.9 Å². The fraction of sp³-hybridized carbons (Fsp3) is 0.500. The van der Waals surface area contributed by atoms with Crippen molar-refractivity contribution in [1.82, 2.24) is 4.98 Å². The molecule has 7 rings (SSSR count). The third-order valence-corrected chi connectivity index (χ3v) is 10.8. The lowest BCUT2D eigenvalue weighted by molar-refractivity contribution is -0.144. The van der Waals surface area contributed by atoms with E-state index in [1.807, 2.05) is 12.3 Å². The predicted octanol–water partition coefficient (Wildman–Crippen LogP) is 7.93. The lowest BCUT2D eigenvalue weighted by atomic mass is 9.59. The number of benzene rings is 2. The molecule has 1 spiro atoms. The second-order valence-corrected chi connectivity index (χ2v) is 13.7. The van der Waals surface area contributed by atoms with Crippen LogP contribution in [0.4, 0.5) is 5.69 Å². The maximum absolute atomic E-state index is 12.9. The first-order valence-corrected chi connectivity index (χ1v) is 16.2. The van der Waals surface area contributed by atoms with Crippen LogP contribution in [0, 0.1) is 11.8 Å². The van der Waals surface area contributed by atoms with E-state index in [0.717, 1.165) is 55.0 Å². The molecule has 0 saturated heterocycles. The highest BCUT2D eigenvalue weighted by atomic mass is 35.5. The molecule has 1 fully saturated rings. The van der Waals surface area contributed by atoms with Crippen molar-refractivity contribution < 1.29 is 28.2 Å². The van der Waals surface area contributed by atoms with Crippen LogP contribution in [0.3, 0.4) is 0 Å². The number of pyridine rings is 1. The molecule has 7 nitrogen and oxygen atoms in total. The van der Waals surface area contributed by atoms with Crippen molar-refractivity contribution in [1.29, 1.82) is 0 Å². The molecule has 44 heavy (non-hydrogen) atoms. The highest BCUT2D eigenvalue weighted by Gasteiger charge is 2.54. The molecule has 0 bridgehead atoms. The Morgan fingerprint density at radius 3 is 2.82 bits per heavy atom. The van der Waals surface area contributed by atoms with Crippen LogP contribution in [-0.2, 0) is 23.1 Å². The number of carboxylic acid groups (broad SMARTS) is 1. The smallest absolute Gasteiger partial charge is 0.329 e. The number of carboxylic acids is 1. The number of aliphatic carboxylic acids is 1. The molecule has 3 atom stereocenters. The Morgan fingerprint density at radius 1 is 1.23 bits per heavy atom. The van der Waals surface area contributed by atoms with E-state index in [-0.39, 0.29) is 52.9 Å². The Morgan fingerprint density at radius 2 is 2.02 bits per heavy atom. The number of hydrogen-bond acceptors (Lipinski definition) is 6.